The second-order valence-corrected chi connectivity index (χ2v) is 6.23. The number of fused-ring (bicyclic) bond motifs is 1. The number of nitrogens with zero attached hydrogens (tertiary/aromatic N) is 1. The van der Waals surface area contributed by atoms with E-state index in [0.29, 0.717) is 0 Å². The number of hydrogen-bond donors (Lipinski definition) is 0. The van der Waals surface area contributed by atoms with Crippen LogP contribution < -0.4 is 0 Å². The van der Waals surface area contributed by atoms with Crippen LogP contribution in [0.3, 0.4) is 0 Å². The molecule has 2 nitrogen and oxygen atoms in total. The molecule has 1 aliphatic heterocycles. The van der Waals surface area contributed by atoms with Crippen LogP contribution in [0.5, 0.6) is 0 Å². The average Bonchev–Trinajstić information content (AvgIpc) is 3.11. The Hall–Kier alpha value is -2.68. The second kappa shape index (κ2) is 6.08. The smallest absolute Gasteiger partial charge is 0.254 e. The number of benzene rings is 3. The van der Waals surface area contributed by atoms with Gasteiger partial charge in [0.15, 0.2) is 0 Å². The third kappa shape index (κ3) is 2.56. The largest absolute Gasteiger partial charge is 0.332 e. The molecular weight excluding hydrogens is 301 g/mol. The summed E-state index contributed by atoms with van der Waals surface area (Å²) in [6, 6.07) is 20.3. The Morgan fingerprint density at radius 1 is 0.958 bits per heavy atom. The van der Waals surface area contributed by atoms with Gasteiger partial charge in [0.1, 0.15) is 5.82 Å². The highest BCUT2D eigenvalue weighted by molar-refractivity contribution is 6.07. The zero-order valence-electron chi connectivity index (χ0n) is 13.3. The number of carbonyl (C=O) groups is 1. The zero-order valence-corrected chi connectivity index (χ0v) is 13.3. The molecule has 3 heteroatoms. The maximum Gasteiger partial charge on any atom is 0.254 e. The molecule has 3 aromatic carbocycles. The molecule has 1 amide bonds. The van der Waals surface area contributed by atoms with Gasteiger partial charge in [-0.15, -0.1) is 0 Å². The van der Waals surface area contributed by atoms with E-state index in [1.165, 1.54) is 12.1 Å². The van der Waals surface area contributed by atoms with Crippen molar-refractivity contribution in [3.63, 3.8) is 0 Å². The fourth-order valence-electron chi connectivity index (χ4n) is 3.61. The van der Waals surface area contributed by atoms with Gasteiger partial charge >= 0.3 is 0 Å². The molecule has 0 bridgehead atoms. The third-order valence-corrected chi connectivity index (χ3v) is 4.79. The Labute approximate surface area is 140 Å². The lowest BCUT2D eigenvalue weighted by atomic mass is 10.0. The predicted octanol–water partition coefficient (Wildman–Crippen LogP) is 4.96. The molecule has 24 heavy (non-hydrogen) atoms. The van der Waals surface area contributed by atoms with Gasteiger partial charge < -0.3 is 4.90 Å². The van der Waals surface area contributed by atoms with E-state index >= 15 is 0 Å². The van der Waals surface area contributed by atoms with Crippen LogP contribution in [-0.2, 0) is 0 Å². The van der Waals surface area contributed by atoms with Crippen LogP contribution in [0, 0.1) is 5.82 Å². The molecule has 0 radical (unpaired) electrons. The van der Waals surface area contributed by atoms with Crippen LogP contribution in [0.1, 0.15) is 34.8 Å². The Balaban J connectivity index is 1.71. The van der Waals surface area contributed by atoms with E-state index in [1.54, 1.807) is 12.1 Å². The van der Waals surface area contributed by atoms with Gasteiger partial charge in [-0.1, -0.05) is 48.5 Å². The molecule has 0 N–H and O–H groups in total. The molecule has 1 heterocycles. The van der Waals surface area contributed by atoms with Gasteiger partial charge in [0, 0.05) is 12.1 Å². The molecule has 1 saturated heterocycles. The topological polar surface area (TPSA) is 20.3 Å². The summed E-state index contributed by atoms with van der Waals surface area (Å²) in [5, 5.41) is 2.05. The van der Waals surface area contributed by atoms with E-state index in [1.807, 2.05) is 47.4 Å². The predicted molar refractivity (Wildman–Crippen MR) is 93.4 cm³/mol. The quantitative estimate of drug-likeness (QED) is 0.654. The van der Waals surface area contributed by atoms with Gasteiger partial charge in [0.05, 0.1) is 6.04 Å². The molecule has 0 unspecified atom stereocenters. The molecule has 1 fully saturated rings. The molecule has 3 aromatic rings. The molecule has 0 aliphatic carbocycles. The minimum absolute atomic E-state index is 0.0251. The molecule has 4 rings (SSSR count). The summed E-state index contributed by atoms with van der Waals surface area (Å²) in [5.41, 5.74) is 1.74. The monoisotopic (exact) mass is 319 g/mol. The fourth-order valence-corrected chi connectivity index (χ4v) is 3.61. The third-order valence-electron chi connectivity index (χ3n) is 4.79. The van der Waals surface area contributed by atoms with Gasteiger partial charge in [0.25, 0.3) is 5.91 Å². The average molecular weight is 319 g/mol. The lowest BCUT2D eigenvalue weighted by Crippen LogP contribution is -2.30. The van der Waals surface area contributed by atoms with Crippen LogP contribution in [0.4, 0.5) is 4.39 Å². The minimum Gasteiger partial charge on any atom is -0.332 e. The first-order valence-electron chi connectivity index (χ1n) is 8.28. The van der Waals surface area contributed by atoms with Crippen LogP contribution in [0.25, 0.3) is 10.8 Å². The van der Waals surface area contributed by atoms with Gasteiger partial charge in [0.2, 0.25) is 0 Å². The summed E-state index contributed by atoms with van der Waals surface area (Å²) < 4.78 is 13.2. The highest BCUT2D eigenvalue weighted by Gasteiger charge is 2.31. The van der Waals surface area contributed by atoms with E-state index in [2.05, 4.69) is 0 Å². The molecule has 1 atom stereocenters. The molecule has 1 aliphatic rings. The van der Waals surface area contributed by atoms with Crippen molar-refractivity contribution in [1.82, 2.24) is 4.90 Å². The number of carbonyl (C=O) groups excluding carboxylic acids is 1. The van der Waals surface area contributed by atoms with Gasteiger partial charge in [-0.2, -0.15) is 0 Å². The highest BCUT2D eigenvalue weighted by atomic mass is 19.1. The van der Waals surface area contributed by atoms with Gasteiger partial charge in [-0.05, 0) is 47.4 Å². The Morgan fingerprint density at radius 2 is 1.71 bits per heavy atom. The maximum absolute atomic E-state index is 13.2. The van der Waals surface area contributed by atoms with Crippen molar-refractivity contribution < 1.29 is 9.18 Å². The van der Waals surface area contributed by atoms with Crippen molar-refractivity contribution in [3.05, 3.63) is 83.7 Å². The normalized spacial score (nSPS) is 17.4. The summed E-state index contributed by atoms with van der Waals surface area (Å²) in [6.45, 7) is 0.740. The number of rotatable bonds is 2. The summed E-state index contributed by atoms with van der Waals surface area (Å²) in [6.07, 6.45) is 1.89. The summed E-state index contributed by atoms with van der Waals surface area (Å²) in [4.78, 5) is 15.1. The zero-order chi connectivity index (χ0) is 16.5. The summed E-state index contributed by atoms with van der Waals surface area (Å²) >= 11 is 0. The van der Waals surface area contributed by atoms with Crippen LogP contribution in [-0.4, -0.2) is 17.4 Å². The molecule has 0 saturated carbocycles. The first kappa shape index (κ1) is 14.9. The van der Waals surface area contributed by atoms with E-state index in [-0.39, 0.29) is 17.8 Å². The summed E-state index contributed by atoms with van der Waals surface area (Å²) in [5.74, 6) is -0.192. The molecule has 0 spiro atoms. The number of amides is 1. The maximum atomic E-state index is 13.2. The SMILES string of the molecule is O=C(c1cccc2ccccc12)N1CCC[C@H]1c1ccc(F)cc1. The van der Waals surface area contributed by atoms with E-state index in [4.69, 9.17) is 0 Å². The molecule has 0 aromatic heterocycles. The van der Waals surface area contributed by atoms with Gasteiger partial charge in [-0.25, -0.2) is 4.39 Å². The fraction of sp³-hybridized carbons (Fsp3) is 0.190. The number of halogens is 1. The van der Waals surface area contributed by atoms with Crippen LogP contribution in [0.15, 0.2) is 66.7 Å². The molecule has 120 valence electrons. The lowest BCUT2D eigenvalue weighted by molar-refractivity contribution is 0.0737. The van der Waals surface area contributed by atoms with E-state index in [0.717, 1.165) is 41.3 Å². The van der Waals surface area contributed by atoms with Crippen molar-refractivity contribution in [3.8, 4) is 0 Å². The summed E-state index contributed by atoms with van der Waals surface area (Å²) in [7, 11) is 0. The number of hydrogen-bond acceptors (Lipinski definition) is 1. The van der Waals surface area contributed by atoms with Crippen molar-refractivity contribution in [2.75, 3.05) is 6.54 Å². The second-order valence-electron chi connectivity index (χ2n) is 6.23. The van der Waals surface area contributed by atoms with Crippen molar-refractivity contribution in [2.45, 2.75) is 18.9 Å². The Morgan fingerprint density at radius 3 is 2.54 bits per heavy atom. The van der Waals surface area contributed by atoms with E-state index in [9.17, 15) is 9.18 Å². The van der Waals surface area contributed by atoms with Crippen molar-refractivity contribution in [2.24, 2.45) is 0 Å². The Kier molecular flexibility index (Phi) is 3.77. The lowest BCUT2D eigenvalue weighted by Gasteiger charge is -2.25. The molecular formula is C21H18FNO. The highest BCUT2D eigenvalue weighted by Crippen LogP contribution is 2.34. The van der Waals surface area contributed by atoms with Crippen molar-refractivity contribution in [1.29, 1.82) is 0 Å². The van der Waals surface area contributed by atoms with Gasteiger partial charge in [-0.3, -0.25) is 4.79 Å². The van der Waals surface area contributed by atoms with Crippen LogP contribution >= 0.6 is 0 Å². The Bertz CT molecular complexity index is 882. The first-order valence-corrected chi connectivity index (χ1v) is 8.28. The standard InChI is InChI=1S/C21H18FNO/c22-17-12-10-16(11-13-17)20-9-4-14-23(20)21(24)19-8-3-6-15-5-1-2-7-18(15)19/h1-3,5-8,10-13,20H,4,9,14H2/t20-/m0/s1. The van der Waals surface area contributed by atoms with Crippen LogP contribution in [0.2, 0.25) is 0 Å². The minimum atomic E-state index is -0.247. The van der Waals surface area contributed by atoms with E-state index < -0.39 is 0 Å². The first-order chi connectivity index (χ1) is 11.7. The van der Waals surface area contributed by atoms with Crippen molar-refractivity contribution >= 4 is 16.7 Å². The number of likely N-dealkylation sites (tertiary alicyclic amines) is 1.